The highest BCUT2D eigenvalue weighted by Gasteiger charge is 2.07. The lowest BCUT2D eigenvalue weighted by Gasteiger charge is -2.01. The topological polar surface area (TPSA) is 76.2 Å². The predicted molar refractivity (Wildman–Crippen MR) is 106 cm³/mol. The van der Waals surface area contributed by atoms with Crippen LogP contribution in [0.4, 0.5) is 5.95 Å². The maximum absolute atomic E-state index is 6.19. The van der Waals surface area contributed by atoms with Gasteiger partial charge in [0.1, 0.15) is 11.5 Å². The third kappa shape index (κ3) is 4.02. The zero-order valence-electron chi connectivity index (χ0n) is 14.1. The molecule has 0 radical (unpaired) electrons. The van der Waals surface area contributed by atoms with Crippen molar-refractivity contribution in [1.29, 1.82) is 0 Å². The van der Waals surface area contributed by atoms with Crippen molar-refractivity contribution in [2.24, 2.45) is 5.10 Å². The molecular weight excluding hydrogens is 362 g/mol. The van der Waals surface area contributed by atoms with Gasteiger partial charge in [0.05, 0.1) is 23.1 Å². The summed E-state index contributed by atoms with van der Waals surface area (Å²) >= 11 is 6.19. The smallest absolute Gasteiger partial charge is 0.263 e. The molecule has 4 aromatic rings. The molecule has 4 rings (SSSR count). The Morgan fingerprint density at radius 3 is 2.63 bits per heavy atom. The van der Waals surface area contributed by atoms with Crippen molar-refractivity contribution in [2.45, 2.75) is 0 Å². The van der Waals surface area contributed by atoms with Crippen LogP contribution in [0.2, 0.25) is 5.02 Å². The van der Waals surface area contributed by atoms with Gasteiger partial charge in [-0.3, -0.25) is 0 Å². The van der Waals surface area contributed by atoms with Gasteiger partial charge in [-0.15, -0.1) is 5.10 Å². The number of aromatic nitrogens is 3. The summed E-state index contributed by atoms with van der Waals surface area (Å²) in [5.74, 6) is 1.54. The van der Waals surface area contributed by atoms with Crippen LogP contribution in [-0.4, -0.2) is 21.4 Å². The van der Waals surface area contributed by atoms with E-state index in [2.05, 4.69) is 25.7 Å². The van der Waals surface area contributed by atoms with Crippen LogP contribution in [0.3, 0.4) is 0 Å². The first-order valence-electron chi connectivity index (χ1n) is 8.18. The lowest BCUT2D eigenvalue weighted by atomic mass is 10.2. The van der Waals surface area contributed by atoms with Crippen LogP contribution < -0.4 is 5.43 Å². The van der Waals surface area contributed by atoms with Gasteiger partial charge in [-0.2, -0.15) is 10.2 Å². The van der Waals surface area contributed by atoms with Gasteiger partial charge in [0.2, 0.25) is 0 Å². The van der Waals surface area contributed by atoms with Gasteiger partial charge in [-0.25, -0.2) is 10.4 Å². The maximum atomic E-state index is 6.19. The Balaban J connectivity index is 1.47. The second kappa shape index (κ2) is 7.80. The summed E-state index contributed by atoms with van der Waals surface area (Å²) in [5, 5.41) is 12.6. The molecule has 2 aromatic carbocycles. The van der Waals surface area contributed by atoms with E-state index in [4.69, 9.17) is 16.0 Å². The monoisotopic (exact) mass is 375 g/mol. The molecule has 0 aliphatic heterocycles. The number of anilines is 1. The van der Waals surface area contributed by atoms with Crippen LogP contribution in [0.25, 0.3) is 22.6 Å². The SMILES string of the molecule is Clc1ccccc1-c1ccc(C=NNc2nncc(-c3ccccc3)n2)o1. The number of nitrogens with zero attached hydrogens (tertiary/aromatic N) is 4. The normalized spacial score (nSPS) is 11.0. The average molecular weight is 376 g/mol. The van der Waals surface area contributed by atoms with Crippen LogP contribution in [-0.2, 0) is 0 Å². The van der Waals surface area contributed by atoms with E-state index in [1.54, 1.807) is 12.4 Å². The third-order valence-electron chi connectivity index (χ3n) is 3.75. The van der Waals surface area contributed by atoms with Crippen LogP contribution in [0.5, 0.6) is 0 Å². The molecular formula is C20H14ClN5O. The Labute approximate surface area is 160 Å². The quantitative estimate of drug-likeness (QED) is 0.396. The van der Waals surface area contributed by atoms with Crippen LogP contribution >= 0.6 is 11.6 Å². The van der Waals surface area contributed by atoms with Crippen molar-refractivity contribution < 1.29 is 4.42 Å². The summed E-state index contributed by atoms with van der Waals surface area (Å²) < 4.78 is 5.75. The molecule has 0 atom stereocenters. The van der Waals surface area contributed by atoms with Crippen molar-refractivity contribution in [3.05, 3.63) is 83.7 Å². The fourth-order valence-corrected chi connectivity index (χ4v) is 2.71. The summed E-state index contributed by atoms with van der Waals surface area (Å²) in [6.45, 7) is 0. The fraction of sp³-hybridized carbons (Fsp3) is 0. The summed E-state index contributed by atoms with van der Waals surface area (Å²) in [6, 6.07) is 20.9. The molecule has 0 saturated carbocycles. The number of hydrazone groups is 1. The molecule has 1 N–H and O–H groups in total. The molecule has 0 aliphatic carbocycles. The Hall–Kier alpha value is -3.51. The first kappa shape index (κ1) is 16.9. The van der Waals surface area contributed by atoms with Crippen LogP contribution in [0, 0.1) is 0 Å². The number of hydrogen-bond acceptors (Lipinski definition) is 6. The number of halogens is 1. The van der Waals surface area contributed by atoms with E-state index in [9.17, 15) is 0 Å². The summed E-state index contributed by atoms with van der Waals surface area (Å²) in [7, 11) is 0. The summed E-state index contributed by atoms with van der Waals surface area (Å²) in [4.78, 5) is 4.39. The third-order valence-corrected chi connectivity index (χ3v) is 4.08. The molecule has 0 spiro atoms. The minimum atomic E-state index is 0.297. The lowest BCUT2D eigenvalue weighted by Crippen LogP contribution is -1.99. The van der Waals surface area contributed by atoms with E-state index >= 15 is 0 Å². The maximum Gasteiger partial charge on any atom is 0.263 e. The van der Waals surface area contributed by atoms with Crippen molar-refractivity contribution >= 4 is 23.8 Å². The van der Waals surface area contributed by atoms with Crippen molar-refractivity contribution in [3.63, 3.8) is 0 Å². The second-order valence-electron chi connectivity index (χ2n) is 5.58. The Bertz CT molecular complexity index is 1080. The van der Waals surface area contributed by atoms with Crippen LogP contribution in [0.1, 0.15) is 5.76 Å². The molecule has 2 aromatic heterocycles. The van der Waals surface area contributed by atoms with E-state index < -0.39 is 0 Å². The molecule has 0 fully saturated rings. The molecule has 27 heavy (non-hydrogen) atoms. The van der Waals surface area contributed by atoms with Gasteiger partial charge in [-0.05, 0) is 24.3 Å². The number of hydrogen-bond donors (Lipinski definition) is 1. The standard InChI is InChI=1S/C20H14ClN5O/c21-17-9-5-4-8-16(17)19-11-10-15(27-19)12-22-25-20-24-18(13-23-26-20)14-6-2-1-3-7-14/h1-13H,(H,24,25,26). The van der Waals surface area contributed by atoms with Gasteiger partial charge >= 0.3 is 0 Å². The van der Waals surface area contributed by atoms with Gasteiger partial charge in [0.25, 0.3) is 5.95 Å². The molecule has 0 aliphatic rings. The van der Waals surface area contributed by atoms with Gasteiger partial charge in [-0.1, -0.05) is 54.1 Å². The van der Waals surface area contributed by atoms with Crippen LogP contribution in [0.15, 0.2) is 82.4 Å². The van der Waals surface area contributed by atoms with Gasteiger partial charge in [0.15, 0.2) is 0 Å². The van der Waals surface area contributed by atoms with E-state index in [-0.39, 0.29) is 0 Å². The first-order valence-corrected chi connectivity index (χ1v) is 8.56. The highest BCUT2D eigenvalue weighted by molar-refractivity contribution is 6.33. The number of furan rings is 1. The zero-order valence-corrected chi connectivity index (χ0v) is 14.8. The van der Waals surface area contributed by atoms with Gasteiger partial charge in [0, 0.05) is 11.1 Å². The molecule has 7 heteroatoms. The van der Waals surface area contributed by atoms with Crippen molar-refractivity contribution in [1.82, 2.24) is 15.2 Å². The summed E-state index contributed by atoms with van der Waals surface area (Å²) in [6.07, 6.45) is 3.14. The fourth-order valence-electron chi connectivity index (χ4n) is 2.48. The largest absolute Gasteiger partial charge is 0.455 e. The minimum absolute atomic E-state index is 0.297. The van der Waals surface area contributed by atoms with Gasteiger partial charge < -0.3 is 4.42 Å². The number of rotatable bonds is 5. The second-order valence-corrected chi connectivity index (χ2v) is 5.99. The highest BCUT2D eigenvalue weighted by Crippen LogP contribution is 2.28. The van der Waals surface area contributed by atoms with E-state index in [1.807, 2.05) is 66.7 Å². The molecule has 2 heterocycles. The van der Waals surface area contributed by atoms with E-state index in [0.717, 1.165) is 11.1 Å². The molecule has 0 saturated heterocycles. The minimum Gasteiger partial charge on any atom is -0.455 e. The number of nitrogens with one attached hydrogen (secondary N) is 1. The molecule has 132 valence electrons. The van der Waals surface area contributed by atoms with Crippen molar-refractivity contribution in [3.8, 4) is 22.6 Å². The molecule has 0 bridgehead atoms. The van der Waals surface area contributed by atoms with E-state index in [0.29, 0.717) is 28.2 Å². The average Bonchev–Trinajstić information content (AvgIpc) is 3.18. The summed E-state index contributed by atoms with van der Waals surface area (Å²) in [5.41, 5.74) is 5.25. The Morgan fingerprint density at radius 1 is 0.963 bits per heavy atom. The lowest BCUT2D eigenvalue weighted by molar-refractivity contribution is 0.575. The van der Waals surface area contributed by atoms with Crippen molar-refractivity contribution in [2.75, 3.05) is 5.43 Å². The molecule has 0 amide bonds. The molecule has 6 nitrogen and oxygen atoms in total. The Morgan fingerprint density at radius 2 is 1.78 bits per heavy atom. The molecule has 0 unspecified atom stereocenters. The predicted octanol–water partition coefficient (Wildman–Crippen LogP) is 4.90. The highest BCUT2D eigenvalue weighted by atomic mass is 35.5. The number of benzene rings is 2. The van der Waals surface area contributed by atoms with E-state index in [1.165, 1.54) is 0 Å². The first-order chi connectivity index (χ1) is 13.3. The Kier molecular flexibility index (Phi) is 4.89. The zero-order chi connectivity index (χ0) is 18.5.